The molecule has 2 aromatic heterocycles. The lowest BCUT2D eigenvalue weighted by Gasteiger charge is -2.36. The Morgan fingerprint density at radius 3 is 2.60 bits per heavy atom. The van der Waals surface area contributed by atoms with Crippen LogP contribution in [0, 0.1) is 0 Å². The summed E-state index contributed by atoms with van der Waals surface area (Å²) >= 11 is 0. The number of piperazine rings is 1. The van der Waals surface area contributed by atoms with Crippen molar-refractivity contribution in [1.82, 2.24) is 40.3 Å². The summed E-state index contributed by atoms with van der Waals surface area (Å²) in [5.41, 5.74) is 0. The first-order valence-electron chi connectivity index (χ1n) is 7.96. The van der Waals surface area contributed by atoms with Crippen LogP contribution in [-0.4, -0.2) is 80.3 Å². The van der Waals surface area contributed by atoms with Crippen molar-refractivity contribution in [1.29, 1.82) is 0 Å². The van der Waals surface area contributed by atoms with Crippen LogP contribution in [0.5, 0.6) is 0 Å². The highest BCUT2D eigenvalue weighted by Gasteiger charge is 2.32. The second-order valence-corrected chi connectivity index (χ2v) is 5.79. The van der Waals surface area contributed by atoms with Crippen LogP contribution >= 0.6 is 0 Å². The highest BCUT2D eigenvalue weighted by atomic mass is 16.2. The van der Waals surface area contributed by atoms with Gasteiger partial charge in [-0.1, -0.05) is 0 Å². The third-order valence-corrected chi connectivity index (χ3v) is 4.28. The highest BCUT2D eigenvalue weighted by molar-refractivity contribution is 5.90. The monoisotopic (exact) mass is 343 g/mol. The molecule has 0 aliphatic carbocycles. The van der Waals surface area contributed by atoms with Crippen molar-refractivity contribution >= 4 is 17.8 Å². The molecule has 130 valence electrons. The molecule has 3 amide bonds. The summed E-state index contributed by atoms with van der Waals surface area (Å²) in [6.07, 6.45) is 4.51. The molecule has 11 nitrogen and oxygen atoms in total. The Morgan fingerprint density at radius 1 is 1.12 bits per heavy atom. The predicted molar refractivity (Wildman–Crippen MR) is 86.1 cm³/mol. The van der Waals surface area contributed by atoms with Gasteiger partial charge in [-0.05, 0) is 0 Å². The predicted octanol–water partition coefficient (Wildman–Crippen LogP) is -1.61. The number of hydrogen-bond acceptors (Lipinski definition) is 7. The number of rotatable bonds is 3. The lowest BCUT2D eigenvalue weighted by atomic mass is 10.2. The summed E-state index contributed by atoms with van der Waals surface area (Å²) in [6, 6.07) is 1.07. The van der Waals surface area contributed by atoms with Crippen molar-refractivity contribution in [3.05, 3.63) is 25.0 Å². The standard InChI is InChI=1S/C14H17N9O2/c24-13(10-6-16-14(25)20-10)22-3-1-21(2-4-22)11-5-12(18-8-17-11)23-9-15-7-19-23/h5,7-10H,1-4,6H2,(H2,16,20,25). The fourth-order valence-corrected chi connectivity index (χ4v) is 2.94. The van der Waals surface area contributed by atoms with Crippen LogP contribution in [0.15, 0.2) is 25.0 Å². The zero-order valence-electron chi connectivity index (χ0n) is 13.4. The molecular weight excluding hydrogens is 326 g/mol. The maximum Gasteiger partial charge on any atom is 0.315 e. The van der Waals surface area contributed by atoms with Crippen molar-refractivity contribution in [3.63, 3.8) is 0 Å². The normalized spacial score (nSPS) is 20.3. The Morgan fingerprint density at radius 2 is 1.92 bits per heavy atom. The Kier molecular flexibility index (Phi) is 3.88. The second kappa shape index (κ2) is 6.34. The first kappa shape index (κ1) is 15.3. The van der Waals surface area contributed by atoms with Gasteiger partial charge in [-0.3, -0.25) is 4.79 Å². The number of urea groups is 1. The van der Waals surface area contributed by atoms with E-state index < -0.39 is 6.04 Å². The molecule has 0 saturated carbocycles. The smallest absolute Gasteiger partial charge is 0.315 e. The van der Waals surface area contributed by atoms with Crippen LogP contribution in [0.4, 0.5) is 10.6 Å². The van der Waals surface area contributed by atoms with Crippen molar-refractivity contribution in [2.24, 2.45) is 0 Å². The van der Waals surface area contributed by atoms with Crippen molar-refractivity contribution < 1.29 is 9.59 Å². The Hall–Kier alpha value is -3.24. The topological polar surface area (TPSA) is 121 Å². The second-order valence-electron chi connectivity index (χ2n) is 5.79. The first-order chi connectivity index (χ1) is 12.2. The van der Waals surface area contributed by atoms with Gasteiger partial charge in [0.1, 0.15) is 30.8 Å². The molecule has 0 aromatic carbocycles. The van der Waals surface area contributed by atoms with E-state index in [1.54, 1.807) is 15.9 Å². The van der Waals surface area contributed by atoms with Crippen LogP contribution in [0.2, 0.25) is 0 Å². The summed E-state index contributed by atoms with van der Waals surface area (Å²) in [4.78, 5) is 39.9. The van der Waals surface area contributed by atoms with E-state index in [2.05, 4.69) is 35.6 Å². The van der Waals surface area contributed by atoms with E-state index in [4.69, 9.17) is 0 Å². The minimum absolute atomic E-state index is 0.0519. The number of nitrogens with zero attached hydrogens (tertiary/aromatic N) is 7. The van der Waals surface area contributed by atoms with E-state index >= 15 is 0 Å². The Bertz CT molecular complexity index is 770. The van der Waals surface area contributed by atoms with Crippen molar-refractivity contribution in [3.8, 4) is 5.82 Å². The molecule has 1 unspecified atom stereocenters. The number of aromatic nitrogens is 5. The lowest BCUT2D eigenvalue weighted by molar-refractivity contribution is -0.132. The zero-order chi connectivity index (χ0) is 17.2. The molecule has 4 rings (SSSR count). The van der Waals surface area contributed by atoms with E-state index in [-0.39, 0.29) is 11.9 Å². The number of hydrogen-bond donors (Lipinski definition) is 2. The van der Waals surface area contributed by atoms with E-state index in [1.165, 1.54) is 12.7 Å². The quantitative estimate of drug-likeness (QED) is 0.687. The third kappa shape index (κ3) is 3.07. The largest absolute Gasteiger partial charge is 0.353 e. The summed E-state index contributed by atoms with van der Waals surface area (Å²) in [7, 11) is 0. The molecule has 0 bridgehead atoms. The van der Waals surface area contributed by atoms with Gasteiger partial charge in [0, 0.05) is 38.8 Å². The minimum atomic E-state index is -0.475. The number of carbonyl (C=O) groups is 2. The number of anilines is 1. The minimum Gasteiger partial charge on any atom is -0.353 e. The van der Waals surface area contributed by atoms with Gasteiger partial charge >= 0.3 is 6.03 Å². The molecule has 25 heavy (non-hydrogen) atoms. The van der Waals surface area contributed by atoms with Crippen LogP contribution in [0.1, 0.15) is 0 Å². The zero-order valence-corrected chi connectivity index (χ0v) is 13.4. The van der Waals surface area contributed by atoms with Gasteiger partial charge in [-0.2, -0.15) is 5.10 Å². The summed E-state index contributed by atoms with van der Waals surface area (Å²) in [5, 5.41) is 9.29. The summed E-state index contributed by atoms with van der Waals surface area (Å²) < 4.78 is 1.57. The molecule has 2 aromatic rings. The number of amides is 3. The Balaban J connectivity index is 1.40. The fraction of sp³-hybridized carbons (Fsp3) is 0.429. The van der Waals surface area contributed by atoms with Gasteiger partial charge in [-0.25, -0.2) is 24.4 Å². The van der Waals surface area contributed by atoms with E-state index in [1.807, 2.05) is 6.07 Å². The number of carbonyl (C=O) groups excluding carboxylic acids is 2. The SMILES string of the molecule is O=C1NCC(C(=O)N2CCN(c3cc(-n4cncn4)ncn3)CC2)N1. The first-order valence-corrected chi connectivity index (χ1v) is 7.96. The maximum atomic E-state index is 12.4. The van der Waals surface area contributed by atoms with Gasteiger partial charge in [0.05, 0.1) is 0 Å². The van der Waals surface area contributed by atoms with Crippen LogP contribution in [-0.2, 0) is 4.79 Å². The van der Waals surface area contributed by atoms with Gasteiger partial charge < -0.3 is 20.4 Å². The van der Waals surface area contributed by atoms with E-state index in [0.29, 0.717) is 38.5 Å². The van der Waals surface area contributed by atoms with E-state index in [0.717, 1.165) is 5.82 Å². The van der Waals surface area contributed by atoms with Gasteiger partial charge in [-0.15, -0.1) is 0 Å². The molecular formula is C14H17N9O2. The molecule has 0 spiro atoms. The average molecular weight is 343 g/mol. The number of nitrogens with one attached hydrogen (secondary N) is 2. The lowest BCUT2D eigenvalue weighted by Crippen LogP contribution is -2.54. The molecule has 2 aliphatic heterocycles. The van der Waals surface area contributed by atoms with Crippen molar-refractivity contribution in [2.45, 2.75) is 6.04 Å². The highest BCUT2D eigenvalue weighted by Crippen LogP contribution is 2.16. The molecule has 11 heteroatoms. The molecule has 2 N–H and O–H groups in total. The molecule has 2 aliphatic rings. The van der Waals surface area contributed by atoms with Crippen molar-refractivity contribution in [2.75, 3.05) is 37.6 Å². The molecule has 4 heterocycles. The third-order valence-electron chi connectivity index (χ3n) is 4.28. The van der Waals surface area contributed by atoms with Gasteiger partial charge in [0.2, 0.25) is 5.91 Å². The maximum absolute atomic E-state index is 12.4. The molecule has 0 radical (unpaired) electrons. The summed E-state index contributed by atoms with van der Waals surface area (Å²) in [5.74, 6) is 1.37. The van der Waals surface area contributed by atoms with E-state index in [9.17, 15) is 9.59 Å². The molecule has 2 saturated heterocycles. The van der Waals surface area contributed by atoms with Crippen LogP contribution < -0.4 is 15.5 Å². The fourth-order valence-electron chi connectivity index (χ4n) is 2.94. The van der Waals surface area contributed by atoms with Crippen LogP contribution in [0.3, 0.4) is 0 Å². The Labute approximate surface area is 143 Å². The van der Waals surface area contributed by atoms with Gasteiger partial charge in [0.15, 0.2) is 5.82 Å². The van der Waals surface area contributed by atoms with Gasteiger partial charge in [0.25, 0.3) is 0 Å². The van der Waals surface area contributed by atoms with Crippen LogP contribution in [0.25, 0.3) is 5.82 Å². The summed E-state index contributed by atoms with van der Waals surface area (Å²) in [6.45, 7) is 2.81. The average Bonchev–Trinajstić information content (AvgIpc) is 3.33. The molecule has 2 fully saturated rings. The molecule has 1 atom stereocenters.